The van der Waals surface area contributed by atoms with Gasteiger partial charge >= 0.3 is 19.8 Å². The molecule has 0 heterocycles. The highest BCUT2D eigenvalue weighted by molar-refractivity contribution is 7.47. The predicted octanol–water partition coefficient (Wildman–Crippen LogP) is 16.5. The average molecular weight is 971 g/mol. The average Bonchev–Trinajstić information content (AvgIpc) is 3.32. The van der Waals surface area contributed by atoms with Crippen LogP contribution in [0.3, 0.4) is 0 Å². The topological polar surface area (TPSA) is 149 Å². The molecule has 0 aromatic heterocycles. The van der Waals surface area contributed by atoms with Crippen molar-refractivity contribution in [1.82, 2.24) is 0 Å². The van der Waals surface area contributed by atoms with E-state index in [2.05, 4.69) is 38.2 Å². The lowest BCUT2D eigenvalue weighted by molar-refractivity contribution is -0.161. The second-order valence-corrected chi connectivity index (χ2v) is 20.8. The Kier molecular flexibility index (Phi) is 51.1. The van der Waals surface area contributed by atoms with Gasteiger partial charge in [0.05, 0.1) is 19.8 Å². The first-order valence-electron chi connectivity index (χ1n) is 28.3. The number of phosphoric ester groups is 1. The van der Waals surface area contributed by atoms with Crippen molar-refractivity contribution < 1.29 is 47.8 Å². The van der Waals surface area contributed by atoms with E-state index >= 15 is 0 Å². The number of phosphoric acid groups is 1. The number of esters is 2. The fraction of sp³-hybridized carbons (Fsp3) is 0.893. The smallest absolute Gasteiger partial charge is 0.462 e. The molecule has 0 aromatic rings. The van der Waals surface area contributed by atoms with Gasteiger partial charge in [0.25, 0.3) is 0 Å². The van der Waals surface area contributed by atoms with Gasteiger partial charge in [0.15, 0.2) is 6.10 Å². The minimum atomic E-state index is -4.62. The first-order chi connectivity index (χ1) is 32.7. The molecular weight excluding hydrogens is 864 g/mol. The third-order valence-corrected chi connectivity index (χ3v) is 13.6. The van der Waals surface area contributed by atoms with E-state index in [9.17, 15) is 24.2 Å². The van der Waals surface area contributed by atoms with Crippen molar-refractivity contribution in [3.8, 4) is 0 Å². The molecule has 0 fully saturated rings. The van der Waals surface area contributed by atoms with E-state index < -0.39 is 51.8 Å². The van der Waals surface area contributed by atoms with E-state index in [0.29, 0.717) is 12.8 Å². The molecular formula is C56H107O10P. The number of aliphatic hydroxyl groups excluding tert-OH is 2. The van der Waals surface area contributed by atoms with Gasteiger partial charge in [-0.25, -0.2) is 4.57 Å². The minimum absolute atomic E-state index is 0.183. The number of ether oxygens (including phenoxy) is 2. The standard InChI is InChI=1S/C56H107O10P/c1-3-5-7-9-11-13-15-17-19-21-23-25-26-28-29-31-33-35-37-39-41-43-45-47-55(59)63-51-54(52-65-67(61,62)64-50-53(58)49-57)66-56(60)48-46-44-42-40-38-36-34-32-30-27-24-22-20-18-16-14-12-10-8-6-4-2/h16,18,22,24,53-54,57-58H,3-15,17,19-21,23,25-52H2,1-2H3,(H,61,62)/b18-16-,24-22-. The van der Waals surface area contributed by atoms with Crippen LogP contribution < -0.4 is 0 Å². The highest BCUT2D eigenvalue weighted by Crippen LogP contribution is 2.43. The van der Waals surface area contributed by atoms with Gasteiger partial charge in [-0.1, -0.05) is 250 Å². The molecule has 0 radical (unpaired) electrons. The zero-order valence-corrected chi connectivity index (χ0v) is 44.5. The number of carbonyl (C=O) groups excluding carboxylic acids is 2. The Balaban J connectivity index is 4.09. The zero-order valence-electron chi connectivity index (χ0n) is 43.6. The summed E-state index contributed by atoms with van der Waals surface area (Å²) in [6.45, 7) is 2.43. The van der Waals surface area contributed by atoms with Crippen molar-refractivity contribution in [2.75, 3.05) is 26.4 Å². The molecule has 10 nitrogen and oxygen atoms in total. The lowest BCUT2D eigenvalue weighted by Crippen LogP contribution is -2.29. The Labute approximate surface area is 412 Å². The fourth-order valence-corrected chi connectivity index (χ4v) is 9.05. The molecule has 0 saturated heterocycles. The Morgan fingerprint density at radius 2 is 0.776 bits per heavy atom. The summed E-state index contributed by atoms with van der Waals surface area (Å²) in [5.74, 6) is -0.912. The summed E-state index contributed by atoms with van der Waals surface area (Å²) in [4.78, 5) is 35.3. The molecule has 396 valence electrons. The van der Waals surface area contributed by atoms with Crippen molar-refractivity contribution in [2.24, 2.45) is 0 Å². The summed E-state index contributed by atoms with van der Waals surface area (Å²) in [7, 11) is -4.62. The molecule has 0 spiro atoms. The van der Waals surface area contributed by atoms with E-state index in [1.165, 1.54) is 193 Å². The molecule has 0 bridgehead atoms. The molecule has 67 heavy (non-hydrogen) atoms. The van der Waals surface area contributed by atoms with Gasteiger partial charge in [-0.15, -0.1) is 0 Å². The number of hydrogen-bond donors (Lipinski definition) is 3. The maximum Gasteiger partial charge on any atom is 0.472 e. The highest BCUT2D eigenvalue weighted by atomic mass is 31.2. The largest absolute Gasteiger partial charge is 0.472 e. The quantitative estimate of drug-likeness (QED) is 0.0233. The maximum atomic E-state index is 12.7. The lowest BCUT2D eigenvalue weighted by Gasteiger charge is -2.20. The van der Waals surface area contributed by atoms with E-state index in [1.807, 2.05) is 0 Å². The summed E-state index contributed by atoms with van der Waals surface area (Å²) < 4.78 is 33.0. The van der Waals surface area contributed by atoms with Crippen LogP contribution in [0.2, 0.25) is 0 Å². The third kappa shape index (κ3) is 52.1. The number of allylic oxidation sites excluding steroid dienone is 4. The Hall–Kier alpha value is -1.55. The van der Waals surface area contributed by atoms with Crippen LogP contribution in [0.4, 0.5) is 0 Å². The Morgan fingerprint density at radius 1 is 0.448 bits per heavy atom. The van der Waals surface area contributed by atoms with Crippen LogP contribution in [-0.2, 0) is 32.7 Å². The maximum absolute atomic E-state index is 12.7. The fourth-order valence-electron chi connectivity index (χ4n) is 8.26. The van der Waals surface area contributed by atoms with Crippen LogP contribution in [0.5, 0.6) is 0 Å². The molecule has 0 aliphatic rings. The monoisotopic (exact) mass is 971 g/mol. The van der Waals surface area contributed by atoms with Gasteiger partial charge in [-0.2, -0.15) is 0 Å². The Morgan fingerprint density at radius 3 is 1.15 bits per heavy atom. The molecule has 0 aromatic carbocycles. The first-order valence-corrected chi connectivity index (χ1v) is 29.8. The van der Waals surface area contributed by atoms with Gasteiger partial charge < -0.3 is 24.6 Å². The number of aliphatic hydroxyl groups is 2. The second kappa shape index (κ2) is 52.3. The molecule has 0 amide bonds. The third-order valence-electron chi connectivity index (χ3n) is 12.6. The van der Waals surface area contributed by atoms with Crippen LogP contribution in [0.15, 0.2) is 24.3 Å². The van der Waals surface area contributed by atoms with Gasteiger partial charge in [0.1, 0.15) is 12.7 Å². The number of rotatable bonds is 54. The number of hydrogen-bond acceptors (Lipinski definition) is 9. The van der Waals surface area contributed by atoms with Crippen LogP contribution in [-0.4, -0.2) is 65.7 Å². The van der Waals surface area contributed by atoms with E-state index in [1.54, 1.807) is 0 Å². The summed E-state index contributed by atoms with van der Waals surface area (Å²) in [5, 5.41) is 18.4. The van der Waals surface area contributed by atoms with E-state index in [0.717, 1.165) is 51.4 Å². The summed E-state index contributed by atoms with van der Waals surface area (Å²) >= 11 is 0. The van der Waals surface area contributed by atoms with Crippen LogP contribution >= 0.6 is 7.82 Å². The Bertz CT molecular complexity index is 1160. The van der Waals surface area contributed by atoms with Gasteiger partial charge in [-0.05, 0) is 44.9 Å². The SMILES string of the molecule is CCCCCCC/C=C\C/C=C\CCCCCCCCCCCC(=O)OC(COC(=O)CCCCCCCCCCCCCCCCCCCCCCCCC)COP(=O)(O)OCC(O)CO. The number of unbranched alkanes of at least 4 members (excludes halogenated alkanes) is 36. The molecule has 3 N–H and O–H groups in total. The summed E-state index contributed by atoms with van der Waals surface area (Å²) in [6.07, 6.45) is 57.2. The predicted molar refractivity (Wildman–Crippen MR) is 279 cm³/mol. The van der Waals surface area contributed by atoms with Crippen molar-refractivity contribution >= 4 is 19.8 Å². The van der Waals surface area contributed by atoms with Crippen LogP contribution in [0.1, 0.15) is 284 Å². The van der Waals surface area contributed by atoms with Gasteiger partial charge in [0, 0.05) is 12.8 Å². The first kappa shape index (κ1) is 65.5. The number of carbonyl (C=O) groups is 2. The summed E-state index contributed by atoms with van der Waals surface area (Å²) in [6, 6.07) is 0. The van der Waals surface area contributed by atoms with Crippen molar-refractivity contribution in [2.45, 2.75) is 296 Å². The molecule has 0 saturated carbocycles. The zero-order chi connectivity index (χ0) is 49.0. The molecule has 0 aliphatic heterocycles. The molecule has 3 atom stereocenters. The molecule has 11 heteroatoms. The minimum Gasteiger partial charge on any atom is -0.462 e. The highest BCUT2D eigenvalue weighted by Gasteiger charge is 2.27. The van der Waals surface area contributed by atoms with Gasteiger partial charge in [0.2, 0.25) is 0 Å². The lowest BCUT2D eigenvalue weighted by atomic mass is 10.0. The van der Waals surface area contributed by atoms with Crippen molar-refractivity contribution in [3.05, 3.63) is 24.3 Å². The molecule has 0 aliphatic carbocycles. The van der Waals surface area contributed by atoms with Crippen LogP contribution in [0, 0.1) is 0 Å². The van der Waals surface area contributed by atoms with E-state index in [4.69, 9.17) is 23.6 Å². The summed E-state index contributed by atoms with van der Waals surface area (Å²) in [5.41, 5.74) is 0. The van der Waals surface area contributed by atoms with Crippen molar-refractivity contribution in [3.63, 3.8) is 0 Å². The van der Waals surface area contributed by atoms with E-state index in [-0.39, 0.29) is 19.4 Å². The molecule has 0 rings (SSSR count). The van der Waals surface area contributed by atoms with Crippen LogP contribution in [0.25, 0.3) is 0 Å². The van der Waals surface area contributed by atoms with Crippen molar-refractivity contribution in [1.29, 1.82) is 0 Å². The molecule has 3 unspecified atom stereocenters. The van der Waals surface area contributed by atoms with Gasteiger partial charge in [-0.3, -0.25) is 18.6 Å². The second-order valence-electron chi connectivity index (χ2n) is 19.3. The normalized spacial score (nSPS) is 13.7.